The van der Waals surface area contributed by atoms with Crippen molar-refractivity contribution in [1.82, 2.24) is 61.1 Å². The van der Waals surface area contributed by atoms with Crippen LogP contribution in [0.5, 0.6) is 23.0 Å². The Morgan fingerprint density at radius 3 is 0.711 bits per heavy atom. The van der Waals surface area contributed by atoms with E-state index in [0.717, 1.165) is 64.1 Å². The summed E-state index contributed by atoms with van der Waals surface area (Å²) >= 11 is 6.22. The molecule has 5 heterocycles. The molecular formula is C96H110N12O8S12. The van der Waals surface area contributed by atoms with E-state index in [1.54, 1.807) is 133 Å². The molecule has 3 aromatic heterocycles. The third-order valence-electron chi connectivity index (χ3n) is 19.5. The molecular weight excluding hydrogens is 1830 g/mol. The van der Waals surface area contributed by atoms with E-state index in [-0.39, 0.29) is 73.7 Å². The highest BCUT2D eigenvalue weighted by Gasteiger charge is 2.32. The van der Waals surface area contributed by atoms with Crippen LogP contribution in [0.1, 0.15) is 152 Å². The average Bonchev–Trinajstić information content (AvgIpc) is 1.60. The van der Waals surface area contributed by atoms with Gasteiger partial charge in [-0.25, -0.2) is 29.9 Å². The molecule has 8 aromatic carbocycles. The van der Waals surface area contributed by atoms with Gasteiger partial charge < -0.3 is 50.2 Å². The van der Waals surface area contributed by atoms with Crippen molar-refractivity contribution in [1.29, 1.82) is 0 Å². The number of carbonyl (C=O) groups is 4. The van der Waals surface area contributed by atoms with Gasteiger partial charge in [-0.2, -0.15) is 0 Å². The number of H-pyrrole nitrogens is 2. The molecule has 0 unspecified atom stereocenters. The number of rotatable bonds is 48. The van der Waals surface area contributed by atoms with Crippen molar-refractivity contribution in [2.75, 3.05) is 72.2 Å². The molecule has 0 fully saturated rings. The first kappa shape index (κ1) is 97.9. The Morgan fingerprint density at radius 1 is 0.297 bits per heavy atom. The zero-order valence-corrected chi connectivity index (χ0v) is 84.0. The van der Waals surface area contributed by atoms with Crippen molar-refractivity contribution in [2.24, 2.45) is 0 Å². The minimum Gasteiger partial charge on any atom is -0.490 e. The van der Waals surface area contributed by atoms with E-state index >= 15 is 0 Å². The summed E-state index contributed by atoms with van der Waals surface area (Å²) in [5, 5.41) is 18.2. The number of thioether (sulfide) groups is 4. The number of nitrogens with zero attached hydrogens (tertiary/aromatic N) is 6. The van der Waals surface area contributed by atoms with Gasteiger partial charge >= 0.3 is 0 Å². The maximum absolute atomic E-state index is 13.9. The van der Waals surface area contributed by atoms with E-state index < -0.39 is 0 Å². The number of amides is 4. The summed E-state index contributed by atoms with van der Waals surface area (Å²) in [6.45, 7) is 26.4. The highest BCUT2D eigenvalue weighted by Crippen LogP contribution is 2.52. The van der Waals surface area contributed by atoms with Crippen molar-refractivity contribution >= 4 is 242 Å². The first-order valence-corrected chi connectivity index (χ1v) is 56.5. The van der Waals surface area contributed by atoms with Gasteiger partial charge in [0, 0.05) is 116 Å². The third-order valence-corrected chi connectivity index (χ3v) is 34.0. The zero-order valence-electron chi connectivity index (χ0n) is 74.2. The summed E-state index contributed by atoms with van der Waals surface area (Å²) in [5.74, 6) is 8.28. The summed E-state index contributed by atoms with van der Waals surface area (Å²) in [5.41, 5.74) is 6.32. The Bertz CT molecular complexity index is 5230. The van der Waals surface area contributed by atoms with Crippen molar-refractivity contribution in [3.05, 3.63) is 191 Å². The first-order chi connectivity index (χ1) is 62.1. The van der Waals surface area contributed by atoms with Gasteiger partial charge in [0.05, 0.1) is 65.6 Å². The number of aromatic amines is 2. The number of hydrogen-bond acceptors (Lipinski definition) is 26. The molecule has 0 spiro atoms. The molecule has 20 nitrogen and oxygen atoms in total. The quantitative estimate of drug-likeness (QED) is 0.0153. The highest BCUT2D eigenvalue weighted by molar-refractivity contribution is 8.77. The van der Waals surface area contributed by atoms with E-state index in [1.807, 2.05) is 104 Å². The largest absolute Gasteiger partial charge is 0.490 e. The van der Waals surface area contributed by atoms with Gasteiger partial charge in [0.1, 0.15) is 45.6 Å². The fraction of sp³-hybridized carbons (Fsp3) is 0.375. The minimum absolute atomic E-state index is 0.0433. The van der Waals surface area contributed by atoms with E-state index in [4.69, 9.17) is 48.9 Å². The van der Waals surface area contributed by atoms with Gasteiger partial charge in [-0.1, -0.05) is 206 Å². The summed E-state index contributed by atoms with van der Waals surface area (Å²) in [6, 6.07) is 50.0. The SMILES string of the molecule is Cc1ccc(SSCCNC(=O)CCCSC2=C(SCCCC(=O)NCCSSc3ccc(C)cc3)c3nc2nc2[nH]c(nc4nc(nc5[nH]c(n3)c3c(OC(C)C)c6ccccc6c(OC(C)C)c53)C(SCCCC(=O)NCCSSc3ccc(C)cc3)=C4SCCCC(=O)NCCSSc3ccc(C)cc3)c3c(OC(C)C)c4ccccc4c(OC(C)C)c23)cc1. The molecule has 8 bridgehead atoms. The fourth-order valence-electron chi connectivity index (χ4n) is 13.7. The molecule has 4 amide bonds. The normalized spacial score (nSPS) is 12.3. The summed E-state index contributed by atoms with van der Waals surface area (Å²) < 4.78 is 28.5. The van der Waals surface area contributed by atoms with Crippen LogP contribution in [0.4, 0.5) is 0 Å². The van der Waals surface area contributed by atoms with E-state index in [1.165, 1.54) is 22.3 Å². The minimum atomic E-state index is -0.322. The van der Waals surface area contributed by atoms with Crippen LogP contribution in [0.3, 0.4) is 0 Å². The van der Waals surface area contributed by atoms with E-state index in [2.05, 4.69) is 156 Å². The Kier molecular flexibility index (Phi) is 37.7. The van der Waals surface area contributed by atoms with Crippen LogP contribution in [-0.2, 0) is 19.2 Å². The smallest absolute Gasteiger partial charge is 0.220 e. The maximum Gasteiger partial charge on any atom is 0.220 e. The topological polar surface area (TPSA) is 262 Å². The number of benzene rings is 8. The Labute approximate surface area is 799 Å². The number of aromatic nitrogens is 8. The fourth-order valence-corrected chi connectivity index (χ4v) is 25.7. The lowest BCUT2D eigenvalue weighted by Crippen LogP contribution is -2.25. The molecule has 0 atom stereocenters. The molecule has 0 radical (unpaired) electrons. The summed E-state index contributed by atoms with van der Waals surface area (Å²) in [4.78, 5) is 105. The van der Waals surface area contributed by atoms with Gasteiger partial charge in [0.15, 0.2) is 23.3 Å². The van der Waals surface area contributed by atoms with Crippen LogP contribution >= 0.6 is 133 Å². The molecule has 6 N–H and O–H groups in total. The number of hydrogen-bond donors (Lipinski definition) is 6. The van der Waals surface area contributed by atoms with Crippen LogP contribution in [0, 0.1) is 27.7 Å². The van der Waals surface area contributed by atoms with Gasteiger partial charge in [-0.05, 0) is 180 Å². The molecule has 11 aromatic rings. The van der Waals surface area contributed by atoms with E-state index in [9.17, 15) is 19.2 Å². The Hall–Kier alpha value is -7.60. The standard InChI is InChI=1S/C96H110N12O8S12/c1-57(2)113-81-69-21-13-14-22-70(69)82(114-58(3)4)78-77(81)89-101-90(78)104-94-87(119-51-19-27-75(111)99-47-55-123-127-67-41-33-63(11)34-42-67)88(120-52-20-28-76(112)100-48-56-124-128-68-43-35-64(12)36-44-68)96(108-94)106-92-80-79(83(115-59(5)6)71-23-15-16-24-72(71)84(80)116-60(7)8)91(102-92)105-95-86(118-50-18-26-74(110)98-46-54-122-126-66-39-31-62(10)32-40-66)85(93(103-89)107-95)117-49-17-25-73(109)97-45-53-121-125-65-37-29-61(9)30-38-65/h13-16,21-24,29-44,57-60H,17-20,25-28,45-56H2,1-12H3,(H,97,109)(H,98,110)(H,99,111)(H,100,112)(H2,101,102,103,104,105,106,107,108). The van der Waals surface area contributed by atoms with Crippen molar-refractivity contribution in [3.63, 3.8) is 0 Å². The molecule has 128 heavy (non-hydrogen) atoms. The predicted molar refractivity (Wildman–Crippen MR) is 556 cm³/mol. The lowest BCUT2D eigenvalue weighted by Gasteiger charge is -2.19. The Balaban J connectivity index is 0.965. The Morgan fingerprint density at radius 2 is 0.508 bits per heavy atom. The van der Waals surface area contributed by atoms with Crippen LogP contribution in [0.25, 0.3) is 85.3 Å². The second kappa shape index (κ2) is 49.2. The first-order valence-electron chi connectivity index (χ1n) is 43.3. The predicted octanol–water partition coefficient (Wildman–Crippen LogP) is 24.8. The summed E-state index contributed by atoms with van der Waals surface area (Å²) in [6.07, 6.45) is 1.87. The van der Waals surface area contributed by atoms with Gasteiger partial charge in [-0.15, -0.1) is 47.0 Å². The molecule has 0 saturated heterocycles. The maximum atomic E-state index is 13.9. The second-order valence-electron chi connectivity index (χ2n) is 31.6. The van der Waals surface area contributed by atoms with Crippen LogP contribution in [0.15, 0.2) is 165 Å². The van der Waals surface area contributed by atoms with Gasteiger partial charge in [-0.3, -0.25) is 19.2 Å². The molecule has 2 aliphatic rings. The molecule has 13 rings (SSSR count). The van der Waals surface area contributed by atoms with Crippen molar-refractivity contribution in [3.8, 4) is 23.0 Å². The molecule has 32 heteroatoms. The zero-order chi connectivity index (χ0) is 90.0. The molecule has 674 valence electrons. The summed E-state index contributed by atoms with van der Waals surface area (Å²) in [7, 11) is 13.6. The molecule has 2 aliphatic heterocycles. The lowest BCUT2D eigenvalue weighted by molar-refractivity contribution is -0.121. The molecule has 0 saturated carbocycles. The number of ether oxygens (including phenoxy) is 4. The third kappa shape index (κ3) is 27.8. The number of carbonyl (C=O) groups excluding carboxylic acids is 4. The van der Waals surface area contributed by atoms with Crippen molar-refractivity contribution in [2.45, 2.75) is 178 Å². The van der Waals surface area contributed by atoms with Crippen LogP contribution in [0.2, 0.25) is 0 Å². The van der Waals surface area contributed by atoms with Gasteiger partial charge in [0.25, 0.3) is 0 Å². The average molecular weight is 1940 g/mol. The number of nitrogens with one attached hydrogen (secondary N) is 6. The monoisotopic (exact) mass is 1940 g/mol. The second-order valence-corrected chi connectivity index (χ2v) is 46.0. The highest BCUT2D eigenvalue weighted by atomic mass is 33.1. The number of aryl methyl sites for hydroxylation is 4. The van der Waals surface area contributed by atoms with Crippen molar-refractivity contribution < 1.29 is 38.1 Å². The number of fused-ring (bicyclic) bond motifs is 16. The van der Waals surface area contributed by atoms with Crippen LogP contribution in [-0.4, -0.2) is 160 Å². The molecule has 0 aliphatic carbocycles. The van der Waals surface area contributed by atoms with E-state index in [0.29, 0.717) is 185 Å². The lowest BCUT2D eigenvalue weighted by atomic mass is 10.0. The van der Waals surface area contributed by atoms with Gasteiger partial charge in [0.2, 0.25) is 23.6 Å². The van der Waals surface area contributed by atoms with Crippen LogP contribution < -0.4 is 40.2 Å².